The zero-order valence-corrected chi connectivity index (χ0v) is 15.1. The van der Waals surface area contributed by atoms with Crippen LogP contribution in [-0.4, -0.2) is 15.5 Å². The van der Waals surface area contributed by atoms with Crippen molar-refractivity contribution >= 4 is 11.6 Å². The number of carbonyl (C=O) groups is 1. The summed E-state index contributed by atoms with van der Waals surface area (Å²) in [6, 6.07) is 9.38. The van der Waals surface area contributed by atoms with E-state index in [1.54, 1.807) is 0 Å². The van der Waals surface area contributed by atoms with Crippen molar-refractivity contribution in [2.45, 2.75) is 58.9 Å². The molecule has 2 aromatic rings. The predicted octanol–water partition coefficient (Wildman–Crippen LogP) is 3.57. The molecule has 1 amide bonds. The van der Waals surface area contributed by atoms with Gasteiger partial charge in [0.05, 0.1) is 6.33 Å². The summed E-state index contributed by atoms with van der Waals surface area (Å²) in [7, 11) is 0. The first-order valence-corrected chi connectivity index (χ1v) is 9.06. The van der Waals surface area contributed by atoms with Crippen LogP contribution < -0.4 is 10.9 Å². The smallest absolute Gasteiger partial charge is 0.253 e. The third-order valence-corrected chi connectivity index (χ3v) is 4.09. The molecule has 5 nitrogen and oxygen atoms in total. The molecule has 0 fully saturated rings. The molecule has 0 saturated carbocycles. The summed E-state index contributed by atoms with van der Waals surface area (Å²) in [5, 5.41) is 2.82. The van der Waals surface area contributed by atoms with Crippen LogP contribution in [0.15, 0.2) is 41.5 Å². The fourth-order valence-electron chi connectivity index (χ4n) is 2.57. The number of amides is 1. The first-order chi connectivity index (χ1) is 12.1. The lowest BCUT2D eigenvalue weighted by Crippen LogP contribution is -2.27. The number of nitrogens with one attached hydrogen (secondary N) is 1. The number of carbonyl (C=O) groups excluding carboxylic acids is 1. The van der Waals surface area contributed by atoms with E-state index in [9.17, 15) is 9.59 Å². The number of hydrogen-bond donors (Lipinski definition) is 1. The molecule has 0 saturated heterocycles. The number of aromatic nitrogens is 2. The van der Waals surface area contributed by atoms with Gasteiger partial charge in [-0.15, -0.1) is 0 Å². The van der Waals surface area contributed by atoms with E-state index in [-0.39, 0.29) is 18.0 Å². The van der Waals surface area contributed by atoms with Gasteiger partial charge in [-0.1, -0.05) is 38.8 Å². The van der Waals surface area contributed by atoms with Crippen LogP contribution in [0, 0.1) is 0 Å². The molecule has 0 aliphatic rings. The van der Waals surface area contributed by atoms with E-state index in [4.69, 9.17) is 0 Å². The Kier molecular flexibility index (Phi) is 7.38. The summed E-state index contributed by atoms with van der Waals surface area (Å²) < 4.78 is 1.33. The minimum absolute atomic E-state index is 0.0303. The number of hydrogen-bond acceptors (Lipinski definition) is 3. The van der Waals surface area contributed by atoms with Gasteiger partial charge in [0.25, 0.3) is 5.56 Å². The van der Waals surface area contributed by atoms with Crippen molar-refractivity contribution in [2.75, 3.05) is 5.32 Å². The quantitative estimate of drug-likeness (QED) is 0.758. The molecule has 1 aromatic heterocycles. The Morgan fingerprint density at radius 2 is 1.76 bits per heavy atom. The second-order valence-corrected chi connectivity index (χ2v) is 6.30. The molecule has 0 atom stereocenters. The molecule has 25 heavy (non-hydrogen) atoms. The third kappa shape index (κ3) is 6.18. The lowest BCUT2D eigenvalue weighted by molar-refractivity contribution is -0.116. The van der Waals surface area contributed by atoms with E-state index in [2.05, 4.69) is 24.1 Å². The second kappa shape index (κ2) is 9.77. The van der Waals surface area contributed by atoms with Gasteiger partial charge in [-0.2, -0.15) is 0 Å². The number of nitrogens with zero attached hydrogens (tertiary/aromatic N) is 2. The minimum atomic E-state index is -0.230. The zero-order chi connectivity index (χ0) is 18.1. The van der Waals surface area contributed by atoms with Gasteiger partial charge in [0.15, 0.2) is 0 Å². The molecule has 0 aliphatic heterocycles. The summed E-state index contributed by atoms with van der Waals surface area (Å²) in [5.41, 5.74) is 2.60. The minimum Gasteiger partial charge on any atom is -0.325 e. The SMILES string of the molecule is CCCCc1ccc(NC(=O)Cn2cnc(CCCC)cc2=O)cc1. The van der Waals surface area contributed by atoms with E-state index < -0.39 is 0 Å². The summed E-state index contributed by atoms with van der Waals surface area (Å²) in [6.07, 6.45) is 7.70. The maximum atomic E-state index is 12.1. The average Bonchev–Trinajstić information content (AvgIpc) is 2.61. The van der Waals surface area contributed by atoms with Crippen LogP contribution >= 0.6 is 0 Å². The van der Waals surface area contributed by atoms with E-state index in [0.29, 0.717) is 0 Å². The highest BCUT2D eigenvalue weighted by Gasteiger charge is 2.07. The van der Waals surface area contributed by atoms with Gasteiger partial charge in [-0.05, 0) is 43.4 Å². The van der Waals surface area contributed by atoms with Crippen molar-refractivity contribution in [3.8, 4) is 0 Å². The Morgan fingerprint density at radius 1 is 1.08 bits per heavy atom. The number of anilines is 1. The van der Waals surface area contributed by atoms with Gasteiger partial charge >= 0.3 is 0 Å². The molecule has 134 valence electrons. The lowest BCUT2D eigenvalue weighted by atomic mass is 10.1. The van der Waals surface area contributed by atoms with E-state index in [1.807, 2.05) is 24.3 Å². The van der Waals surface area contributed by atoms with Crippen molar-refractivity contribution in [2.24, 2.45) is 0 Å². The second-order valence-electron chi connectivity index (χ2n) is 6.30. The average molecular weight is 341 g/mol. The van der Waals surface area contributed by atoms with E-state index >= 15 is 0 Å². The maximum absolute atomic E-state index is 12.1. The predicted molar refractivity (Wildman–Crippen MR) is 101 cm³/mol. The first-order valence-electron chi connectivity index (χ1n) is 9.06. The van der Waals surface area contributed by atoms with Crippen LogP contribution in [0.3, 0.4) is 0 Å². The molecule has 1 aromatic carbocycles. The van der Waals surface area contributed by atoms with Gasteiger partial charge in [0.1, 0.15) is 6.54 Å². The molecule has 1 N–H and O–H groups in total. The van der Waals surface area contributed by atoms with Gasteiger partial charge in [-0.25, -0.2) is 4.98 Å². The Hall–Kier alpha value is -2.43. The van der Waals surface area contributed by atoms with Crippen LogP contribution in [0.4, 0.5) is 5.69 Å². The molecular weight excluding hydrogens is 314 g/mol. The van der Waals surface area contributed by atoms with Gasteiger partial charge in [-0.3, -0.25) is 14.2 Å². The molecule has 0 aliphatic carbocycles. The third-order valence-electron chi connectivity index (χ3n) is 4.09. The fourth-order valence-corrected chi connectivity index (χ4v) is 2.57. The highest BCUT2D eigenvalue weighted by molar-refractivity contribution is 5.90. The van der Waals surface area contributed by atoms with E-state index in [0.717, 1.165) is 43.5 Å². The highest BCUT2D eigenvalue weighted by Crippen LogP contribution is 2.11. The Balaban J connectivity index is 1.92. The van der Waals surface area contributed by atoms with Gasteiger partial charge in [0.2, 0.25) is 5.91 Å². The first kappa shape index (κ1) is 18.9. The fraction of sp³-hybridized carbons (Fsp3) is 0.450. The molecular formula is C20H27N3O2. The molecule has 0 bridgehead atoms. The number of aryl methyl sites for hydroxylation is 2. The molecule has 2 rings (SSSR count). The standard InChI is InChI=1S/C20H27N3O2/c1-3-5-7-16-9-11-17(12-10-16)22-19(24)14-23-15-21-18(8-6-4-2)13-20(23)25/h9-13,15H,3-8,14H2,1-2H3,(H,22,24). The number of benzene rings is 1. The molecule has 0 unspecified atom stereocenters. The number of rotatable bonds is 9. The van der Waals surface area contributed by atoms with Crippen LogP contribution in [0.2, 0.25) is 0 Å². The largest absolute Gasteiger partial charge is 0.325 e. The Morgan fingerprint density at radius 3 is 2.40 bits per heavy atom. The molecule has 1 heterocycles. The Bertz CT molecular complexity index is 735. The van der Waals surface area contributed by atoms with Crippen molar-refractivity contribution in [1.82, 2.24) is 9.55 Å². The maximum Gasteiger partial charge on any atom is 0.253 e. The van der Waals surface area contributed by atoms with Gasteiger partial charge < -0.3 is 5.32 Å². The molecule has 0 spiro atoms. The Labute approximate surface area is 149 Å². The summed E-state index contributed by atoms with van der Waals surface area (Å²) >= 11 is 0. The zero-order valence-electron chi connectivity index (χ0n) is 15.1. The van der Waals surface area contributed by atoms with Crippen LogP contribution in [0.25, 0.3) is 0 Å². The van der Waals surface area contributed by atoms with Crippen molar-refractivity contribution in [3.63, 3.8) is 0 Å². The highest BCUT2D eigenvalue weighted by atomic mass is 16.2. The number of unbranched alkanes of at least 4 members (excludes halogenated alkanes) is 2. The van der Waals surface area contributed by atoms with Gasteiger partial charge in [0, 0.05) is 17.4 Å². The summed E-state index contributed by atoms with van der Waals surface area (Å²) in [6.45, 7) is 4.24. The summed E-state index contributed by atoms with van der Waals surface area (Å²) in [5.74, 6) is -0.230. The summed E-state index contributed by atoms with van der Waals surface area (Å²) in [4.78, 5) is 28.5. The van der Waals surface area contributed by atoms with Crippen LogP contribution in [0.5, 0.6) is 0 Å². The van der Waals surface area contributed by atoms with E-state index in [1.165, 1.54) is 28.9 Å². The van der Waals surface area contributed by atoms with Crippen molar-refractivity contribution in [3.05, 3.63) is 58.3 Å². The monoisotopic (exact) mass is 341 g/mol. The lowest BCUT2D eigenvalue weighted by Gasteiger charge is -2.08. The molecule has 0 radical (unpaired) electrons. The van der Waals surface area contributed by atoms with Crippen LogP contribution in [-0.2, 0) is 24.2 Å². The topological polar surface area (TPSA) is 64.0 Å². The molecule has 5 heteroatoms. The normalized spacial score (nSPS) is 10.6. The van der Waals surface area contributed by atoms with Crippen LogP contribution in [0.1, 0.15) is 50.8 Å². The van der Waals surface area contributed by atoms with Crippen molar-refractivity contribution in [1.29, 1.82) is 0 Å². The van der Waals surface area contributed by atoms with Crippen molar-refractivity contribution < 1.29 is 4.79 Å².